The third-order valence-electron chi connectivity index (χ3n) is 4.83. The van der Waals surface area contributed by atoms with Crippen molar-refractivity contribution < 1.29 is 13.5 Å². The van der Waals surface area contributed by atoms with Crippen molar-refractivity contribution in [2.45, 2.75) is 25.4 Å². The van der Waals surface area contributed by atoms with Crippen molar-refractivity contribution in [2.24, 2.45) is 5.92 Å². The molecule has 24 heavy (non-hydrogen) atoms. The van der Waals surface area contributed by atoms with Crippen molar-refractivity contribution in [3.63, 3.8) is 0 Å². The highest BCUT2D eigenvalue weighted by molar-refractivity contribution is 5.54. The minimum atomic E-state index is -3.07. The Labute approximate surface area is 140 Å². The second kappa shape index (κ2) is 5.65. The average Bonchev–Trinajstić information content (AvgIpc) is 3.09. The van der Waals surface area contributed by atoms with E-state index in [2.05, 4.69) is 28.8 Å². The number of hydrogen-bond acceptors (Lipinski definition) is 3. The van der Waals surface area contributed by atoms with E-state index in [-0.39, 0.29) is 6.42 Å². The van der Waals surface area contributed by atoms with Crippen molar-refractivity contribution in [3.8, 4) is 5.75 Å². The van der Waals surface area contributed by atoms with Gasteiger partial charge in [0.2, 0.25) is 0 Å². The fraction of sp³-hybridized carbons (Fsp3) is 0.368. The van der Waals surface area contributed by atoms with Crippen LogP contribution in [0.3, 0.4) is 0 Å². The molecule has 0 fully saturated rings. The molecule has 2 aromatic rings. The van der Waals surface area contributed by atoms with E-state index in [0.29, 0.717) is 17.2 Å². The van der Waals surface area contributed by atoms with Crippen LogP contribution in [0.1, 0.15) is 16.7 Å². The second-order valence-electron chi connectivity index (χ2n) is 6.63. The van der Waals surface area contributed by atoms with Gasteiger partial charge in [-0.05, 0) is 48.1 Å². The van der Waals surface area contributed by atoms with Crippen LogP contribution in [-0.4, -0.2) is 19.7 Å². The van der Waals surface area contributed by atoms with Crippen LogP contribution in [0, 0.1) is 5.92 Å². The molecule has 0 amide bonds. The normalized spacial score (nSPS) is 20.2. The zero-order valence-electron chi connectivity index (χ0n) is 13.5. The van der Waals surface area contributed by atoms with E-state index in [1.807, 2.05) is 13.1 Å². The van der Waals surface area contributed by atoms with Gasteiger partial charge < -0.3 is 15.4 Å². The topological polar surface area (TPSA) is 33.3 Å². The van der Waals surface area contributed by atoms with E-state index in [1.165, 1.54) is 11.1 Å². The van der Waals surface area contributed by atoms with Crippen LogP contribution >= 0.6 is 0 Å². The number of anilines is 2. The number of fused-ring (bicyclic) bond motifs is 2. The molecule has 0 radical (unpaired) electrons. The van der Waals surface area contributed by atoms with Crippen molar-refractivity contribution in [3.05, 3.63) is 53.1 Å². The molecule has 0 aromatic heterocycles. The average molecular weight is 330 g/mol. The van der Waals surface area contributed by atoms with Gasteiger partial charge >= 0.3 is 6.11 Å². The summed E-state index contributed by atoms with van der Waals surface area (Å²) in [6.45, 7) is 0.818. The lowest BCUT2D eigenvalue weighted by Crippen LogP contribution is -2.20. The van der Waals surface area contributed by atoms with Gasteiger partial charge in [0.1, 0.15) is 5.75 Å². The smallest absolute Gasteiger partial charge is 0.402 e. The maximum atomic E-state index is 13.3. The summed E-state index contributed by atoms with van der Waals surface area (Å²) in [5, 5.41) is 6.54. The summed E-state index contributed by atoms with van der Waals surface area (Å²) in [6, 6.07) is 11.8. The highest BCUT2D eigenvalue weighted by Crippen LogP contribution is 2.38. The van der Waals surface area contributed by atoms with Gasteiger partial charge in [0.05, 0.1) is 6.42 Å². The monoisotopic (exact) mass is 330 g/mol. The summed E-state index contributed by atoms with van der Waals surface area (Å²) in [5.41, 5.74) is 5.33. The molecule has 2 N–H and O–H groups in total. The second-order valence-corrected chi connectivity index (χ2v) is 6.63. The van der Waals surface area contributed by atoms with E-state index in [1.54, 1.807) is 12.1 Å². The third kappa shape index (κ3) is 2.90. The molecule has 1 atom stereocenters. The number of nitrogens with one attached hydrogen (secondary N) is 2. The zero-order valence-corrected chi connectivity index (χ0v) is 13.5. The van der Waals surface area contributed by atoms with Crippen molar-refractivity contribution in [1.82, 2.24) is 0 Å². The van der Waals surface area contributed by atoms with Gasteiger partial charge in [0, 0.05) is 36.6 Å². The first-order chi connectivity index (χ1) is 11.5. The van der Waals surface area contributed by atoms with Crippen LogP contribution in [0.25, 0.3) is 0 Å². The molecule has 1 unspecified atom stereocenters. The van der Waals surface area contributed by atoms with Crippen LogP contribution < -0.4 is 15.4 Å². The first kappa shape index (κ1) is 15.2. The first-order valence-electron chi connectivity index (χ1n) is 8.25. The van der Waals surface area contributed by atoms with Crippen LogP contribution in [0.5, 0.6) is 5.75 Å². The molecule has 1 aliphatic heterocycles. The Hall–Kier alpha value is -2.30. The van der Waals surface area contributed by atoms with Gasteiger partial charge in [0.15, 0.2) is 0 Å². The Bertz CT molecular complexity index is 776. The number of rotatable bonds is 4. The lowest BCUT2D eigenvalue weighted by molar-refractivity contribution is -0.159. The van der Waals surface area contributed by atoms with Gasteiger partial charge in [-0.1, -0.05) is 12.1 Å². The van der Waals surface area contributed by atoms with Gasteiger partial charge in [-0.25, -0.2) is 0 Å². The van der Waals surface area contributed by atoms with E-state index >= 15 is 0 Å². The molecular formula is C19H20F2N2O. The fourth-order valence-corrected chi connectivity index (χ4v) is 3.60. The number of hydrogen-bond donors (Lipinski definition) is 2. The predicted molar refractivity (Wildman–Crippen MR) is 91.1 cm³/mol. The van der Waals surface area contributed by atoms with Gasteiger partial charge in [-0.15, -0.1) is 0 Å². The van der Waals surface area contributed by atoms with E-state index in [0.717, 1.165) is 30.8 Å². The molecule has 1 heterocycles. The lowest BCUT2D eigenvalue weighted by atomic mass is 10.1. The summed E-state index contributed by atoms with van der Waals surface area (Å²) >= 11 is 0. The van der Waals surface area contributed by atoms with E-state index in [9.17, 15) is 8.78 Å². The van der Waals surface area contributed by atoms with Gasteiger partial charge in [0.25, 0.3) is 0 Å². The number of benzene rings is 2. The highest BCUT2D eigenvalue weighted by atomic mass is 19.3. The largest absolute Gasteiger partial charge is 0.432 e. The van der Waals surface area contributed by atoms with E-state index in [4.69, 9.17) is 4.74 Å². The van der Waals surface area contributed by atoms with Crippen LogP contribution in [0.15, 0.2) is 36.4 Å². The summed E-state index contributed by atoms with van der Waals surface area (Å²) in [6.07, 6.45) is -1.32. The standard InChI is InChI=1S/C19H20F2N2O/c1-22-16-4-2-13-6-12(7-15(13)8-16)11-23-17-5-3-14-10-19(20,21)24-18(14)9-17/h2-5,8-9,12,22-23H,6-7,10-11H2,1H3. The lowest BCUT2D eigenvalue weighted by Gasteiger charge is -2.13. The quantitative estimate of drug-likeness (QED) is 0.886. The Balaban J connectivity index is 1.39. The Morgan fingerprint density at radius 2 is 1.79 bits per heavy atom. The summed E-state index contributed by atoms with van der Waals surface area (Å²) in [4.78, 5) is 0. The van der Waals surface area contributed by atoms with Crippen LogP contribution in [0.4, 0.5) is 20.2 Å². The molecular weight excluding hydrogens is 310 g/mol. The minimum Gasteiger partial charge on any atom is -0.432 e. The van der Waals surface area contributed by atoms with Crippen molar-refractivity contribution >= 4 is 11.4 Å². The zero-order chi connectivity index (χ0) is 16.7. The van der Waals surface area contributed by atoms with E-state index < -0.39 is 6.11 Å². The van der Waals surface area contributed by atoms with Gasteiger partial charge in [-0.3, -0.25) is 0 Å². The van der Waals surface area contributed by atoms with Crippen LogP contribution in [-0.2, 0) is 19.3 Å². The Morgan fingerprint density at radius 3 is 2.62 bits per heavy atom. The molecule has 0 saturated heterocycles. The summed E-state index contributed by atoms with van der Waals surface area (Å²) in [7, 11) is 1.93. The number of alkyl halides is 2. The predicted octanol–water partition coefficient (Wildman–Crippen LogP) is 4.08. The van der Waals surface area contributed by atoms with Gasteiger partial charge in [-0.2, -0.15) is 8.78 Å². The molecule has 5 heteroatoms. The molecule has 1 aliphatic carbocycles. The molecule has 3 nitrogen and oxygen atoms in total. The third-order valence-corrected chi connectivity index (χ3v) is 4.83. The molecule has 0 saturated carbocycles. The maximum Gasteiger partial charge on any atom is 0.402 e. The maximum absolute atomic E-state index is 13.3. The SMILES string of the molecule is CNc1ccc2c(c1)CC(CNc1ccc3c(c1)OC(F)(F)C3)C2. The molecule has 4 rings (SSSR count). The number of halogens is 2. The Morgan fingerprint density at radius 1 is 1.04 bits per heavy atom. The Kier molecular flexibility index (Phi) is 3.59. The summed E-state index contributed by atoms with van der Waals surface area (Å²) < 4.78 is 31.2. The molecule has 0 bridgehead atoms. The van der Waals surface area contributed by atoms with Crippen LogP contribution in [0.2, 0.25) is 0 Å². The highest BCUT2D eigenvalue weighted by Gasteiger charge is 2.39. The molecule has 2 aliphatic rings. The van der Waals surface area contributed by atoms with Crippen molar-refractivity contribution in [2.75, 3.05) is 24.2 Å². The molecule has 126 valence electrons. The fourth-order valence-electron chi connectivity index (χ4n) is 3.60. The number of ether oxygens (including phenoxy) is 1. The summed E-state index contributed by atoms with van der Waals surface area (Å²) in [5.74, 6) is 0.807. The molecule has 0 spiro atoms. The first-order valence-corrected chi connectivity index (χ1v) is 8.25. The minimum absolute atomic E-state index is 0.290. The van der Waals surface area contributed by atoms with Crippen molar-refractivity contribution in [1.29, 1.82) is 0 Å². The molecule has 2 aromatic carbocycles.